The van der Waals surface area contributed by atoms with Crippen LogP contribution in [-0.2, 0) is 28.4 Å². The van der Waals surface area contributed by atoms with Crippen molar-refractivity contribution in [3.63, 3.8) is 0 Å². The highest BCUT2D eigenvalue weighted by atomic mass is 16.6. The van der Waals surface area contributed by atoms with E-state index in [4.69, 9.17) is 4.74 Å². The number of rotatable bonds is 6. The molecule has 1 unspecified atom stereocenters. The second-order valence-corrected chi connectivity index (χ2v) is 5.78. The van der Waals surface area contributed by atoms with Gasteiger partial charge < -0.3 is 10.1 Å². The largest absolute Gasteiger partial charge is 0.435 e. The highest BCUT2D eigenvalue weighted by Crippen LogP contribution is 2.23. The minimum Gasteiger partial charge on any atom is -0.435 e. The standard InChI is InChI=1S/C17H17N5O5/c1-20-14-13(15(25)21(2)17(20)26)22(9-19-14)16(11-6-4-3-5-7-11)27-12(24)8-18-10-23/h3-7,9-10,16H,8H2,1-2H3,(H,18,23). The second-order valence-electron chi connectivity index (χ2n) is 5.78. The van der Waals surface area contributed by atoms with Gasteiger partial charge in [0.05, 0.1) is 0 Å². The van der Waals surface area contributed by atoms with Crippen LogP contribution in [0.2, 0.25) is 0 Å². The molecule has 0 radical (unpaired) electrons. The number of nitrogens with zero attached hydrogens (tertiary/aromatic N) is 4. The minimum absolute atomic E-state index is 0.115. The molecule has 0 aliphatic heterocycles. The second kappa shape index (κ2) is 7.28. The fourth-order valence-electron chi connectivity index (χ4n) is 2.74. The van der Waals surface area contributed by atoms with Crippen LogP contribution in [0.1, 0.15) is 11.8 Å². The topological polar surface area (TPSA) is 117 Å². The van der Waals surface area contributed by atoms with Gasteiger partial charge in [0.2, 0.25) is 12.6 Å². The van der Waals surface area contributed by atoms with Crippen molar-refractivity contribution in [2.75, 3.05) is 6.54 Å². The Bertz CT molecular complexity index is 1110. The van der Waals surface area contributed by atoms with Gasteiger partial charge in [-0.15, -0.1) is 0 Å². The van der Waals surface area contributed by atoms with E-state index in [0.29, 0.717) is 12.0 Å². The Kier molecular flexibility index (Phi) is 4.88. The molecular weight excluding hydrogens is 354 g/mol. The number of imidazole rings is 1. The number of carbonyl (C=O) groups is 2. The Hall–Kier alpha value is -3.69. The number of aryl methyl sites for hydroxylation is 1. The molecule has 1 atom stereocenters. The third-order valence-corrected chi connectivity index (χ3v) is 4.08. The van der Waals surface area contributed by atoms with Gasteiger partial charge in [0.25, 0.3) is 5.56 Å². The molecule has 2 aromatic heterocycles. The lowest BCUT2D eigenvalue weighted by Crippen LogP contribution is -2.38. The Balaban J connectivity index is 2.18. The molecule has 0 saturated carbocycles. The number of hydrogen-bond acceptors (Lipinski definition) is 6. The Morgan fingerprint density at radius 3 is 2.59 bits per heavy atom. The monoisotopic (exact) mass is 371 g/mol. The maximum Gasteiger partial charge on any atom is 0.332 e. The number of benzene rings is 1. The summed E-state index contributed by atoms with van der Waals surface area (Å²) in [7, 11) is 2.86. The van der Waals surface area contributed by atoms with E-state index in [-0.39, 0.29) is 17.7 Å². The highest BCUT2D eigenvalue weighted by molar-refractivity contribution is 5.75. The number of hydrogen-bond donors (Lipinski definition) is 1. The Labute approximate surface area is 152 Å². The van der Waals surface area contributed by atoms with Crippen LogP contribution in [0.4, 0.5) is 0 Å². The summed E-state index contributed by atoms with van der Waals surface area (Å²) >= 11 is 0. The highest BCUT2D eigenvalue weighted by Gasteiger charge is 2.24. The van der Waals surface area contributed by atoms with Crippen LogP contribution in [0.5, 0.6) is 0 Å². The quantitative estimate of drug-likeness (QED) is 0.451. The molecule has 1 aromatic carbocycles. The lowest BCUT2D eigenvalue weighted by Gasteiger charge is -2.20. The van der Waals surface area contributed by atoms with E-state index in [0.717, 1.165) is 4.57 Å². The number of amides is 1. The lowest BCUT2D eigenvalue weighted by atomic mass is 10.2. The van der Waals surface area contributed by atoms with Gasteiger partial charge in [0.1, 0.15) is 12.9 Å². The normalized spacial score (nSPS) is 11.9. The van der Waals surface area contributed by atoms with Crippen LogP contribution in [0.15, 0.2) is 46.2 Å². The fourth-order valence-corrected chi connectivity index (χ4v) is 2.74. The maximum absolute atomic E-state index is 12.7. The zero-order valence-corrected chi connectivity index (χ0v) is 14.7. The molecule has 3 aromatic rings. The summed E-state index contributed by atoms with van der Waals surface area (Å²) in [6.07, 6.45) is 0.725. The maximum atomic E-state index is 12.7. The van der Waals surface area contributed by atoms with Crippen molar-refractivity contribution < 1.29 is 14.3 Å². The number of fused-ring (bicyclic) bond motifs is 1. The third kappa shape index (κ3) is 3.24. The summed E-state index contributed by atoms with van der Waals surface area (Å²) < 4.78 is 9.08. The number of nitrogens with one attached hydrogen (secondary N) is 1. The molecule has 10 heteroatoms. The van der Waals surface area contributed by atoms with Gasteiger partial charge in [-0.05, 0) is 0 Å². The van der Waals surface area contributed by atoms with Crippen LogP contribution in [0, 0.1) is 0 Å². The van der Waals surface area contributed by atoms with Crippen molar-refractivity contribution in [2.24, 2.45) is 14.1 Å². The van der Waals surface area contributed by atoms with Crippen molar-refractivity contribution in [1.29, 1.82) is 0 Å². The summed E-state index contributed by atoms with van der Waals surface area (Å²) in [5, 5.41) is 2.23. The first-order chi connectivity index (χ1) is 13.0. The first-order valence-electron chi connectivity index (χ1n) is 7.99. The average Bonchev–Trinajstić information content (AvgIpc) is 3.13. The van der Waals surface area contributed by atoms with Gasteiger partial charge in [0.15, 0.2) is 11.2 Å². The molecule has 3 rings (SSSR count). The molecule has 0 aliphatic carbocycles. The van der Waals surface area contributed by atoms with Gasteiger partial charge in [-0.2, -0.15) is 0 Å². The first-order valence-corrected chi connectivity index (χ1v) is 7.99. The summed E-state index contributed by atoms with van der Waals surface area (Å²) in [4.78, 5) is 51.4. The molecule has 0 fully saturated rings. The number of ether oxygens (including phenoxy) is 1. The molecular formula is C17H17N5O5. The van der Waals surface area contributed by atoms with Crippen molar-refractivity contribution in [3.8, 4) is 0 Å². The average molecular weight is 371 g/mol. The van der Waals surface area contributed by atoms with E-state index in [2.05, 4.69) is 10.3 Å². The van der Waals surface area contributed by atoms with E-state index in [1.54, 1.807) is 30.3 Å². The van der Waals surface area contributed by atoms with E-state index >= 15 is 0 Å². The van der Waals surface area contributed by atoms with Crippen LogP contribution < -0.4 is 16.6 Å². The number of aromatic nitrogens is 4. The van der Waals surface area contributed by atoms with E-state index in [1.807, 2.05) is 0 Å². The first kappa shape index (κ1) is 18.1. The predicted molar refractivity (Wildman–Crippen MR) is 95.0 cm³/mol. The molecule has 0 aliphatic rings. The summed E-state index contributed by atoms with van der Waals surface area (Å²) in [6.45, 7) is -0.323. The Morgan fingerprint density at radius 2 is 1.93 bits per heavy atom. The molecule has 0 bridgehead atoms. The van der Waals surface area contributed by atoms with Gasteiger partial charge in [-0.25, -0.2) is 9.78 Å². The minimum atomic E-state index is -0.998. The molecule has 0 saturated heterocycles. The molecule has 10 nitrogen and oxygen atoms in total. The molecule has 27 heavy (non-hydrogen) atoms. The summed E-state index contributed by atoms with van der Waals surface area (Å²) in [6, 6.07) is 8.76. The van der Waals surface area contributed by atoms with Gasteiger partial charge in [0, 0.05) is 19.7 Å². The molecule has 2 heterocycles. The summed E-state index contributed by atoms with van der Waals surface area (Å²) in [5.74, 6) is -0.695. The molecule has 0 spiro atoms. The van der Waals surface area contributed by atoms with E-state index < -0.39 is 23.4 Å². The summed E-state index contributed by atoms with van der Waals surface area (Å²) in [5.41, 5.74) is -0.197. The van der Waals surface area contributed by atoms with E-state index in [9.17, 15) is 19.2 Å². The molecule has 1 amide bonds. The van der Waals surface area contributed by atoms with Crippen LogP contribution in [0.3, 0.4) is 0 Å². The van der Waals surface area contributed by atoms with E-state index in [1.165, 1.54) is 29.6 Å². The number of carbonyl (C=O) groups excluding carboxylic acids is 2. The third-order valence-electron chi connectivity index (χ3n) is 4.08. The van der Waals surface area contributed by atoms with Crippen molar-refractivity contribution in [1.82, 2.24) is 24.0 Å². The van der Waals surface area contributed by atoms with Crippen LogP contribution in [0.25, 0.3) is 11.2 Å². The molecule has 1 N–H and O–H groups in total. The van der Waals surface area contributed by atoms with Crippen molar-refractivity contribution in [2.45, 2.75) is 6.23 Å². The van der Waals surface area contributed by atoms with Crippen molar-refractivity contribution in [3.05, 3.63) is 63.1 Å². The van der Waals surface area contributed by atoms with Crippen LogP contribution >= 0.6 is 0 Å². The SMILES string of the molecule is Cn1c(=O)c2c(ncn2C(OC(=O)CNC=O)c2ccccc2)n(C)c1=O. The van der Waals surface area contributed by atoms with Gasteiger partial charge in [-0.3, -0.25) is 28.1 Å². The fraction of sp³-hybridized carbons (Fsp3) is 0.235. The number of esters is 1. The smallest absolute Gasteiger partial charge is 0.332 e. The zero-order valence-electron chi connectivity index (χ0n) is 14.7. The van der Waals surface area contributed by atoms with Crippen molar-refractivity contribution >= 4 is 23.5 Å². The van der Waals surface area contributed by atoms with Gasteiger partial charge >= 0.3 is 11.7 Å². The Morgan fingerprint density at radius 1 is 1.22 bits per heavy atom. The van der Waals surface area contributed by atoms with Crippen LogP contribution in [-0.4, -0.2) is 37.6 Å². The lowest BCUT2D eigenvalue weighted by molar-refractivity contribution is -0.150. The predicted octanol–water partition coefficient (Wildman–Crippen LogP) is -0.730. The zero-order chi connectivity index (χ0) is 19.6. The van der Waals surface area contributed by atoms with Gasteiger partial charge in [-0.1, -0.05) is 30.3 Å². The molecule has 140 valence electrons.